The summed E-state index contributed by atoms with van der Waals surface area (Å²) in [7, 11) is 5.33. The second-order valence-corrected chi connectivity index (χ2v) is 9.30. The minimum absolute atomic E-state index is 0. The second kappa shape index (κ2) is 14.3. The zero-order valence-electron chi connectivity index (χ0n) is 21.0. The molecule has 0 aliphatic carbocycles. The largest absolute Gasteiger partial charge is 0.356 e. The average molecular weight is 578 g/mol. The van der Waals surface area contributed by atoms with Crippen LogP contribution in [0.5, 0.6) is 0 Å². The fourth-order valence-electron chi connectivity index (χ4n) is 4.30. The molecule has 1 saturated heterocycles. The van der Waals surface area contributed by atoms with Crippen LogP contribution in [0.3, 0.4) is 0 Å². The summed E-state index contributed by atoms with van der Waals surface area (Å²) in [4.78, 5) is 20.7. The Labute approximate surface area is 222 Å². The number of benzene rings is 2. The predicted octanol–water partition coefficient (Wildman–Crippen LogP) is 4.15. The molecule has 2 aromatic carbocycles. The maximum atomic E-state index is 12.2. The summed E-state index contributed by atoms with van der Waals surface area (Å²) < 4.78 is 0. The highest BCUT2D eigenvalue weighted by Crippen LogP contribution is 2.18. The normalized spacial score (nSPS) is 16.5. The van der Waals surface area contributed by atoms with Crippen molar-refractivity contribution >= 4 is 35.8 Å². The second-order valence-electron chi connectivity index (χ2n) is 9.30. The molecule has 2 aromatic rings. The number of carbonyl (C=O) groups is 1. The van der Waals surface area contributed by atoms with Crippen LogP contribution in [0.2, 0.25) is 0 Å². The van der Waals surface area contributed by atoms with Gasteiger partial charge in [0.1, 0.15) is 0 Å². The van der Waals surface area contributed by atoms with Gasteiger partial charge in [-0.05, 0) is 60.5 Å². The lowest BCUT2D eigenvalue weighted by molar-refractivity contribution is 0.0827. The Morgan fingerprint density at radius 3 is 2.50 bits per heavy atom. The van der Waals surface area contributed by atoms with Gasteiger partial charge in [-0.25, -0.2) is 0 Å². The number of likely N-dealkylation sites (tertiary alicyclic amines) is 1. The maximum absolute atomic E-state index is 12.2. The molecule has 186 valence electrons. The number of hydrogen-bond donors (Lipinski definition) is 2. The fraction of sp³-hybridized carbons (Fsp3) is 0.481. The van der Waals surface area contributed by atoms with Crippen molar-refractivity contribution in [3.8, 4) is 0 Å². The molecule has 0 aromatic heterocycles. The minimum Gasteiger partial charge on any atom is -0.356 e. The third kappa shape index (κ3) is 8.91. The maximum Gasteiger partial charge on any atom is 0.253 e. The van der Waals surface area contributed by atoms with Gasteiger partial charge >= 0.3 is 0 Å². The molecule has 1 aliphatic heterocycles. The third-order valence-electron chi connectivity index (χ3n) is 6.14. The summed E-state index contributed by atoms with van der Waals surface area (Å²) in [6.07, 6.45) is 3.49. The van der Waals surface area contributed by atoms with Crippen molar-refractivity contribution in [3.05, 3.63) is 70.8 Å². The van der Waals surface area contributed by atoms with Gasteiger partial charge in [-0.15, -0.1) is 24.0 Å². The number of aliphatic imine (C=N–C) groups is 1. The van der Waals surface area contributed by atoms with Gasteiger partial charge in [0.25, 0.3) is 5.91 Å². The van der Waals surface area contributed by atoms with Gasteiger partial charge in [0.05, 0.1) is 0 Å². The first kappa shape index (κ1) is 28.1. The van der Waals surface area contributed by atoms with E-state index in [9.17, 15) is 4.79 Å². The van der Waals surface area contributed by atoms with E-state index in [2.05, 4.69) is 57.8 Å². The number of halogens is 1. The van der Waals surface area contributed by atoms with E-state index in [-0.39, 0.29) is 29.9 Å². The summed E-state index contributed by atoms with van der Waals surface area (Å²) in [6, 6.07) is 16.7. The molecule has 3 rings (SSSR count). The van der Waals surface area contributed by atoms with Crippen molar-refractivity contribution < 1.29 is 4.79 Å². The van der Waals surface area contributed by atoms with Crippen LogP contribution in [0.25, 0.3) is 0 Å². The van der Waals surface area contributed by atoms with E-state index >= 15 is 0 Å². The Morgan fingerprint density at radius 1 is 1.09 bits per heavy atom. The highest BCUT2D eigenvalue weighted by atomic mass is 127. The van der Waals surface area contributed by atoms with Crippen LogP contribution in [-0.4, -0.2) is 62.4 Å². The van der Waals surface area contributed by atoms with Crippen LogP contribution in [0.15, 0.2) is 53.5 Å². The number of nitrogens with one attached hydrogen (secondary N) is 2. The Hall–Kier alpha value is -2.13. The molecule has 0 spiro atoms. The third-order valence-corrected chi connectivity index (χ3v) is 6.14. The van der Waals surface area contributed by atoms with Crippen molar-refractivity contribution in [2.24, 2.45) is 10.9 Å². The van der Waals surface area contributed by atoms with Crippen molar-refractivity contribution in [3.63, 3.8) is 0 Å². The molecule has 0 bridgehead atoms. The monoisotopic (exact) mass is 577 g/mol. The lowest BCUT2D eigenvalue weighted by Gasteiger charge is -2.30. The van der Waals surface area contributed by atoms with Gasteiger partial charge < -0.3 is 15.5 Å². The molecule has 1 amide bonds. The molecule has 7 heteroatoms. The SMILES string of the molecule is CN=C(NCCc1cccc(C(=O)N(C)C)c1)NCc1ccc(CN2CCCC(C)C2)cc1.I. The predicted molar refractivity (Wildman–Crippen MR) is 152 cm³/mol. The topological polar surface area (TPSA) is 60.0 Å². The minimum atomic E-state index is 0. The summed E-state index contributed by atoms with van der Waals surface area (Å²) >= 11 is 0. The van der Waals surface area contributed by atoms with Gasteiger partial charge in [-0.2, -0.15) is 0 Å². The number of nitrogens with zero attached hydrogens (tertiary/aromatic N) is 3. The van der Waals surface area contributed by atoms with Gasteiger partial charge in [0.15, 0.2) is 5.96 Å². The first-order valence-electron chi connectivity index (χ1n) is 12.0. The first-order valence-corrected chi connectivity index (χ1v) is 12.0. The number of guanidine groups is 1. The molecular formula is C27H40IN5O. The van der Waals surface area contributed by atoms with Crippen LogP contribution >= 0.6 is 24.0 Å². The number of carbonyl (C=O) groups excluding carboxylic acids is 1. The fourth-order valence-corrected chi connectivity index (χ4v) is 4.30. The van der Waals surface area contributed by atoms with E-state index < -0.39 is 0 Å². The zero-order valence-corrected chi connectivity index (χ0v) is 23.3. The molecule has 6 nitrogen and oxygen atoms in total. The molecule has 1 atom stereocenters. The van der Waals surface area contributed by atoms with Crippen molar-refractivity contribution in [1.82, 2.24) is 20.4 Å². The molecule has 1 fully saturated rings. The number of piperidine rings is 1. The molecule has 2 N–H and O–H groups in total. The molecular weight excluding hydrogens is 537 g/mol. The molecule has 0 radical (unpaired) electrons. The average Bonchev–Trinajstić information content (AvgIpc) is 2.82. The first-order chi connectivity index (χ1) is 15.9. The molecule has 1 aliphatic rings. The van der Waals surface area contributed by atoms with E-state index in [1.165, 1.54) is 37.1 Å². The quantitative estimate of drug-likeness (QED) is 0.281. The number of hydrogen-bond acceptors (Lipinski definition) is 3. The van der Waals surface area contributed by atoms with Gasteiger partial charge in [-0.3, -0.25) is 14.7 Å². The van der Waals surface area contributed by atoms with E-state index in [0.717, 1.165) is 49.1 Å². The van der Waals surface area contributed by atoms with E-state index in [4.69, 9.17) is 0 Å². The molecule has 1 heterocycles. The van der Waals surface area contributed by atoms with Crippen LogP contribution in [0, 0.1) is 5.92 Å². The van der Waals surface area contributed by atoms with Gasteiger partial charge in [0, 0.05) is 52.9 Å². The van der Waals surface area contributed by atoms with E-state index in [1.807, 2.05) is 18.2 Å². The molecule has 0 saturated carbocycles. The van der Waals surface area contributed by atoms with Crippen LogP contribution in [0.4, 0.5) is 0 Å². The Kier molecular flexibility index (Phi) is 11.8. The van der Waals surface area contributed by atoms with Crippen LogP contribution in [0.1, 0.15) is 46.8 Å². The van der Waals surface area contributed by atoms with Gasteiger partial charge in [0.2, 0.25) is 0 Å². The standard InChI is InChI=1S/C27H39N5O.HI/c1-21-7-6-16-32(19-21)20-24-12-10-23(11-13-24)18-30-27(28-2)29-15-14-22-8-5-9-25(17-22)26(33)31(3)4;/h5,8-13,17,21H,6-7,14-16,18-20H2,1-4H3,(H2,28,29,30);1H. The van der Waals surface area contributed by atoms with Crippen molar-refractivity contribution in [2.45, 2.75) is 39.3 Å². The lowest BCUT2D eigenvalue weighted by atomic mass is 9.99. The number of rotatable bonds is 8. The smallest absolute Gasteiger partial charge is 0.253 e. The summed E-state index contributed by atoms with van der Waals surface area (Å²) in [5, 5.41) is 6.76. The summed E-state index contributed by atoms with van der Waals surface area (Å²) in [5.74, 6) is 1.62. The Balaban J connectivity index is 0.00000408. The Morgan fingerprint density at radius 2 is 1.82 bits per heavy atom. The number of amides is 1. The van der Waals surface area contributed by atoms with Crippen LogP contribution in [-0.2, 0) is 19.5 Å². The van der Waals surface area contributed by atoms with Crippen molar-refractivity contribution in [2.75, 3.05) is 40.8 Å². The zero-order chi connectivity index (χ0) is 23.6. The summed E-state index contributed by atoms with van der Waals surface area (Å²) in [6.45, 7) is 7.29. The van der Waals surface area contributed by atoms with E-state index in [0.29, 0.717) is 0 Å². The summed E-state index contributed by atoms with van der Waals surface area (Å²) in [5.41, 5.74) is 4.47. The molecule has 1 unspecified atom stereocenters. The highest BCUT2D eigenvalue weighted by molar-refractivity contribution is 14.0. The van der Waals surface area contributed by atoms with Crippen molar-refractivity contribution in [1.29, 1.82) is 0 Å². The lowest BCUT2D eigenvalue weighted by Crippen LogP contribution is -2.37. The van der Waals surface area contributed by atoms with Crippen LogP contribution < -0.4 is 10.6 Å². The van der Waals surface area contributed by atoms with Gasteiger partial charge in [-0.1, -0.05) is 43.3 Å². The molecule has 34 heavy (non-hydrogen) atoms. The highest BCUT2D eigenvalue weighted by Gasteiger charge is 2.16. The van der Waals surface area contributed by atoms with E-state index in [1.54, 1.807) is 26.0 Å². The Bertz CT molecular complexity index is 929.